The van der Waals surface area contributed by atoms with Crippen molar-refractivity contribution in [2.24, 2.45) is 0 Å². The first-order valence-electron chi connectivity index (χ1n) is 6.39. The van der Waals surface area contributed by atoms with E-state index in [4.69, 9.17) is 4.42 Å². The lowest BCUT2D eigenvalue weighted by atomic mass is 10.2. The van der Waals surface area contributed by atoms with E-state index in [1.165, 1.54) is 4.40 Å². The molecule has 4 nitrogen and oxygen atoms in total. The van der Waals surface area contributed by atoms with Crippen LogP contribution in [0.5, 0.6) is 0 Å². The Morgan fingerprint density at radius 2 is 1.81 bits per heavy atom. The first-order valence-corrected chi connectivity index (χ1v) is 7.18. The van der Waals surface area contributed by atoms with Crippen molar-refractivity contribution < 1.29 is 4.42 Å². The highest BCUT2D eigenvalue weighted by Crippen LogP contribution is 2.23. The molecule has 0 fully saturated rings. The second-order valence-electron chi connectivity index (χ2n) is 4.68. The third-order valence-electron chi connectivity index (χ3n) is 3.40. The van der Waals surface area contributed by atoms with Crippen molar-refractivity contribution >= 4 is 32.7 Å². The van der Waals surface area contributed by atoms with E-state index >= 15 is 0 Å². The monoisotopic (exact) mass is 340 g/mol. The van der Waals surface area contributed by atoms with Gasteiger partial charge < -0.3 is 4.42 Å². The van der Waals surface area contributed by atoms with Gasteiger partial charge in [0, 0.05) is 10.0 Å². The van der Waals surface area contributed by atoms with E-state index in [9.17, 15) is 4.79 Å². The fourth-order valence-corrected chi connectivity index (χ4v) is 2.65. The first kappa shape index (κ1) is 12.3. The lowest BCUT2D eigenvalue weighted by Gasteiger charge is -2.01. The van der Waals surface area contributed by atoms with E-state index in [1.54, 1.807) is 18.4 Å². The Balaban J connectivity index is 2.10. The standard InChI is InChI=1S/C16H9BrN2O2/c17-11-7-5-10(6-8-11)14-9-21-16-18-13-4-2-1-3-12(13)15(20)19(14)16/h1-9H. The zero-order chi connectivity index (χ0) is 14.4. The summed E-state index contributed by atoms with van der Waals surface area (Å²) in [4.78, 5) is 17.1. The topological polar surface area (TPSA) is 47.5 Å². The van der Waals surface area contributed by atoms with Crippen molar-refractivity contribution in [3.05, 3.63) is 69.6 Å². The molecule has 2 aromatic heterocycles. The van der Waals surface area contributed by atoms with Crippen LogP contribution in [0.1, 0.15) is 0 Å². The number of hydrogen-bond acceptors (Lipinski definition) is 3. The maximum atomic E-state index is 12.7. The quantitative estimate of drug-likeness (QED) is 0.528. The molecule has 0 saturated carbocycles. The number of nitrogens with zero attached hydrogens (tertiary/aromatic N) is 2. The molecule has 4 aromatic rings. The van der Waals surface area contributed by atoms with Crippen LogP contribution in [0, 0.1) is 0 Å². The molecule has 0 aliphatic heterocycles. The van der Waals surface area contributed by atoms with E-state index in [1.807, 2.05) is 36.4 Å². The molecule has 0 saturated heterocycles. The van der Waals surface area contributed by atoms with Crippen molar-refractivity contribution in [3.8, 4) is 11.3 Å². The summed E-state index contributed by atoms with van der Waals surface area (Å²) < 4.78 is 7.95. The molecule has 0 N–H and O–H groups in total. The van der Waals surface area contributed by atoms with Crippen LogP contribution >= 0.6 is 15.9 Å². The lowest BCUT2D eigenvalue weighted by Crippen LogP contribution is -2.14. The van der Waals surface area contributed by atoms with Crippen LogP contribution < -0.4 is 5.56 Å². The summed E-state index contributed by atoms with van der Waals surface area (Å²) >= 11 is 3.40. The molecule has 0 radical (unpaired) electrons. The summed E-state index contributed by atoms with van der Waals surface area (Å²) in [5.41, 5.74) is 2.11. The Labute approximate surface area is 127 Å². The minimum Gasteiger partial charge on any atom is -0.431 e. The molecule has 5 heteroatoms. The molecule has 21 heavy (non-hydrogen) atoms. The molecule has 0 bridgehead atoms. The third-order valence-corrected chi connectivity index (χ3v) is 3.93. The maximum absolute atomic E-state index is 12.7. The molecule has 2 aromatic carbocycles. The van der Waals surface area contributed by atoms with E-state index < -0.39 is 0 Å². The molecule has 0 amide bonds. The summed E-state index contributed by atoms with van der Waals surface area (Å²) in [5.74, 6) is 0.302. The predicted octanol–water partition coefficient (Wildman–Crippen LogP) is 3.87. The van der Waals surface area contributed by atoms with Crippen LogP contribution in [0.15, 0.2) is 68.5 Å². The smallest absolute Gasteiger partial charge is 0.309 e. The van der Waals surface area contributed by atoms with Crippen molar-refractivity contribution in [1.82, 2.24) is 9.38 Å². The van der Waals surface area contributed by atoms with Gasteiger partial charge in [0.1, 0.15) is 6.26 Å². The van der Waals surface area contributed by atoms with Gasteiger partial charge in [0.2, 0.25) is 0 Å². The highest BCUT2D eigenvalue weighted by Gasteiger charge is 2.13. The zero-order valence-corrected chi connectivity index (χ0v) is 12.4. The third kappa shape index (κ3) is 1.89. The van der Waals surface area contributed by atoms with Gasteiger partial charge in [0.25, 0.3) is 5.56 Å². The average molecular weight is 341 g/mol. The van der Waals surface area contributed by atoms with Gasteiger partial charge >= 0.3 is 5.84 Å². The number of fused-ring (bicyclic) bond motifs is 2. The second kappa shape index (κ2) is 4.56. The van der Waals surface area contributed by atoms with Gasteiger partial charge in [0.05, 0.1) is 16.6 Å². The van der Waals surface area contributed by atoms with Crippen LogP contribution in [0.4, 0.5) is 0 Å². The summed E-state index contributed by atoms with van der Waals surface area (Å²) in [6.45, 7) is 0. The van der Waals surface area contributed by atoms with Crippen LogP contribution in [0.3, 0.4) is 0 Å². The normalized spacial score (nSPS) is 11.3. The van der Waals surface area contributed by atoms with Crippen molar-refractivity contribution in [2.45, 2.75) is 0 Å². The molecule has 0 aliphatic rings. The number of halogens is 1. The Morgan fingerprint density at radius 3 is 2.62 bits per heavy atom. The van der Waals surface area contributed by atoms with E-state index in [0.29, 0.717) is 22.4 Å². The Bertz CT molecular complexity index is 1020. The molecular weight excluding hydrogens is 332 g/mol. The van der Waals surface area contributed by atoms with Gasteiger partial charge in [0.15, 0.2) is 0 Å². The lowest BCUT2D eigenvalue weighted by molar-refractivity contribution is 0.593. The molecule has 4 rings (SSSR count). The van der Waals surface area contributed by atoms with Gasteiger partial charge in [-0.15, -0.1) is 0 Å². The summed E-state index contributed by atoms with van der Waals surface area (Å²) in [5, 5.41) is 0.578. The summed E-state index contributed by atoms with van der Waals surface area (Å²) in [7, 11) is 0. The highest BCUT2D eigenvalue weighted by atomic mass is 79.9. The molecule has 0 aliphatic carbocycles. The van der Waals surface area contributed by atoms with Gasteiger partial charge in [-0.3, -0.25) is 4.79 Å². The number of aromatic nitrogens is 2. The molecular formula is C16H9BrN2O2. The van der Waals surface area contributed by atoms with Crippen LogP contribution in [-0.4, -0.2) is 9.38 Å². The summed E-state index contributed by atoms with van der Waals surface area (Å²) in [6.07, 6.45) is 1.56. The minimum absolute atomic E-state index is 0.123. The summed E-state index contributed by atoms with van der Waals surface area (Å²) in [6, 6.07) is 15.0. The Morgan fingerprint density at radius 1 is 1.05 bits per heavy atom. The molecule has 0 spiro atoms. The molecule has 102 valence electrons. The van der Waals surface area contributed by atoms with Gasteiger partial charge in [-0.2, -0.15) is 4.98 Å². The fourth-order valence-electron chi connectivity index (χ4n) is 2.38. The van der Waals surface area contributed by atoms with Crippen molar-refractivity contribution in [1.29, 1.82) is 0 Å². The van der Waals surface area contributed by atoms with Crippen LogP contribution in [0.25, 0.3) is 28.0 Å². The van der Waals surface area contributed by atoms with Gasteiger partial charge in [-0.05, 0) is 24.3 Å². The predicted molar refractivity (Wildman–Crippen MR) is 84.4 cm³/mol. The number of para-hydroxylation sites is 1. The maximum Gasteiger partial charge on any atom is 0.309 e. The Kier molecular flexibility index (Phi) is 2.68. The Hall–Kier alpha value is -2.40. The average Bonchev–Trinajstić information content (AvgIpc) is 2.92. The number of hydrogen-bond donors (Lipinski definition) is 0. The number of rotatable bonds is 1. The zero-order valence-electron chi connectivity index (χ0n) is 10.8. The largest absolute Gasteiger partial charge is 0.431 e. The van der Waals surface area contributed by atoms with E-state index in [0.717, 1.165) is 10.0 Å². The first-order chi connectivity index (χ1) is 10.2. The van der Waals surface area contributed by atoms with Crippen molar-refractivity contribution in [3.63, 3.8) is 0 Å². The molecule has 0 atom stereocenters. The van der Waals surface area contributed by atoms with Crippen LogP contribution in [0.2, 0.25) is 0 Å². The van der Waals surface area contributed by atoms with E-state index in [-0.39, 0.29) is 5.56 Å². The molecule has 0 unspecified atom stereocenters. The highest BCUT2D eigenvalue weighted by molar-refractivity contribution is 9.10. The van der Waals surface area contributed by atoms with Gasteiger partial charge in [-0.25, -0.2) is 4.40 Å². The SMILES string of the molecule is O=c1c2ccccc2nc2occ(-c3ccc(Br)cc3)n12. The number of oxazole rings is 1. The van der Waals surface area contributed by atoms with Gasteiger partial charge in [-0.1, -0.05) is 40.2 Å². The fraction of sp³-hybridized carbons (Fsp3) is 0. The van der Waals surface area contributed by atoms with Crippen molar-refractivity contribution in [2.75, 3.05) is 0 Å². The minimum atomic E-state index is -0.123. The van der Waals surface area contributed by atoms with Crippen LogP contribution in [-0.2, 0) is 0 Å². The van der Waals surface area contributed by atoms with E-state index in [2.05, 4.69) is 20.9 Å². The molecule has 2 heterocycles. The number of benzene rings is 2. The second-order valence-corrected chi connectivity index (χ2v) is 5.60.